The van der Waals surface area contributed by atoms with Crippen molar-refractivity contribution >= 4 is 5.82 Å². The van der Waals surface area contributed by atoms with E-state index in [0.29, 0.717) is 0 Å². The van der Waals surface area contributed by atoms with Gasteiger partial charge in [-0.05, 0) is 30.7 Å². The van der Waals surface area contributed by atoms with Crippen LogP contribution in [0.25, 0.3) is 0 Å². The van der Waals surface area contributed by atoms with Crippen LogP contribution in [-0.2, 0) is 6.42 Å². The summed E-state index contributed by atoms with van der Waals surface area (Å²) in [6.45, 7) is 2.89. The summed E-state index contributed by atoms with van der Waals surface area (Å²) in [5.41, 5.74) is 2.28. The first kappa shape index (κ1) is 10.6. The highest BCUT2D eigenvalue weighted by Gasteiger charge is 1.94. The van der Waals surface area contributed by atoms with Gasteiger partial charge in [0, 0.05) is 31.1 Å². The second-order valence-corrected chi connectivity index (χ2v) is 3.72. The Morgan fingerprint density at radius 3 is 2.75 bits per heavy atom. The smallest absolute Gasteiger partial charge is 0.125 e. The molecule has 16 heavy (non-hydrogen) atoms. The lowest BCUT2D eigenvalue weighted by molar-refractivity contribution is 0.953. The van der Waals surface area contributed by atoms with Gasteiger partial charge in [-0.1, -0.05) is 12.1 Å². The molecule has 0 saturated heterocycles. The van der Waals surface area contributed by atoms with Crippen LogP contribution in [-0.4, -0.2) is 16.5 Å². The quantitative estimate of drug-likeness (QED) is 0.847. The number of hydrogen-bond acceptors (Lipinski definition) is 3. The average Bonchev–Trinajstić information content (AvgIpc) is 2.33. The summed E-state index contributed by atoms with van der Waals surface area (Å²) in [6.07, 6.45) is 4.60. The molecule has 0 atom stereocenters. The standard InChI is InChI=1S/C13H15N3/c1-11-5-6-13(16-10-11)15-9-7-12-4-2-3-8-14-12/h2-6,8,10H,7,9H2,1H3,(H,15,16). The van der Waals surface area contributed by atoms with Gasteiger partial charge in [0.2, 0.25) is 0 Å². The van der Waals surface area contributed by atoms with E-state index in [2.05, 4.69) is 21.4 Å². The van der Waals surface area contributed by atoms with Gasteiger partial charge in [-0.3, -0.25) is 4.98 Å². The van der Waals surface area contributed by atoms with Crippen LogP contribution in [0.1, 0.15) is 11.3 Å². The van der Waals surface area contributed by atoms with Crippen molar-refractivity contribution in [3.05, 3.63) is 54.0 Å². The molecule has 0 spiro atoms. The number of pyridine rings is 2. The second-order valence-electron chi connectivity index (χ2n) is 3.72. The molecule has 0 unspecified atom stereocenters. The molecule has 0 bridgehead atoms. The van der Waals surface area contributed by atoms with E-state index in [1.807, 2.05) is 43.6 Å². The zero-order chi connectivity index (χ0) is 11.2. The van der Waals surface area contributed by atoms with E-state index in [0.717, 1.165) is 24.5 Å². The molecule has 0 saturated carbocycles. The van der Waals surface area contributed by atoms with Crippen LogP contribution in [0.4, 0.5) is 5.82 Å². The zero-order valence-corrected chi connectivity index (χ0v) is 9.35. The fourth-order valence-corrected chi connectivity index (χ4v) is 1.44. The van der Waals surface area contributed by atoms with Crippen LogP contribution in [0.2, 0.25) is 0 Å². The van der Waals surface area contributed by atoms with Gasteiger partial charge in [0.05, 0.1) is 0 Å². The van der Waals surface area contributed by atoms with Crippen LogP contribution < -0.4 is 5.32 Å². The van der Waals surface area contributed by atoms with E-state index in [1.165, 1.54) is 5.56 Å². The molecule has 0 aromatic carbocycles. The first-order chi connectivity index (χ1) is 7.84. The van der Waals surface area contributed by atoms with Crippen LogP contribution in [0, 0.1) is 6.92 Å². The minimum atomic E-state index is 0.854. The molecule has 2 aromatic rings. The van der Waals surface area contributed by atoms with Gasteiger partial charge >= 0.3 is 0 Å². The molecule has 82 valence electrons. The van der Waals surface area contributed by atoms with Gasteiger partial charge < -0.3 is 5.32 Å². The summed E-state index contributed by atoms with van der Waals surface area (Å²) in [5.74, 6) is 0.918. The summed E-state index contributed by atoms with van der Waals surface area (Å²) in [6, 6.07) is 10.0. The largest absolute Gasteiger partial charge is 0.370 e. The van der Waals surface area contributed by atoms with Crippen molar-refractivity contribution in [3.63, 3.8) is 0 Å². The van der Waals surface area contributed by atoms with Crippen molar-refractivity contribution in [2.45, 2.75) is 13.3 Å². The van der Waals surface area contributed by atoms with Crippen molar-refractivity contribution in [2.75, 3.05) is 11.9 Å². The molecule has 3 nitrogen and oxygen atoms in total. The first-order valence-corrected chi connectivity index (χ1v) is 5.41. The van der Waals surface area contributed by atoms with Crippen LogP contribution >= 0.6 is 0 Å². The maximum absolute atomic E-state index is 4.28. The summed E-state index contributed by atoms with van der Waals surface area (Å²) in [4.78, 5) is 8.54. The number of hydrogen-bond donors (Lipinski definition) is 1. The van der Waals surface area contributed by atoms with Gasteiger partial charge in [-0.25, -0.2) is 4.98 Å². The first-order valence-electron chi connectivity index (χ1n) is 5.41. The molecule has 0 aliphatic rings. The van der Waals surface area contributed by atoms with E-state index in [-0.39, 0.29) is 0 Å². The number of anilines is 1. The topological polar surface area (TPSA) is 37.8 Å². The monoisotopic (exact) mass is 213 g/mol. The van der Waals surface area contributed by atoms with Gasteiger partial charge in [-0.2, -0.15) is 0 Å². The van der Waals surface area contributed by atoms with E-state index in [9.17, 15) is 0 Å². The molecule has 0 aliphatic heterocycles. The van der Waals surface area contributed by atoms with Crippen molar-refractivity contribution in [1.29, 1.82) is 0 Å². The van der Waals surface area contributed by atoms with E-state index >= 15 is 0 Å². The Balaban J connectivity index is 1.82. The Hall–Kier alpha value is -1.90. The summed E-state index contributed by atoms with van der Waals surface area (Å²) < 4.78 is 0. The third kappa shape index (κ3) is 3.05. The third-order valence-corrected chi connectivity index (χ3v) is 2.32. The maximum Gasteiger partial charge on any atom is 0.125 e. The predicted octanol–water partition coefficient (Wildman–Crippen LogP) is 2.44. The second kappa shape index (κ2) is 5.26. The number of nitrogens with one attached hydrogen (secondary N) is 1. The van der Waals surface area contributed by atoms with Crippen molar-refractivity contribution in [2.24, 2.45) is 0 Å². The SMILES string of the molecule is Cc1ccc(NCCc2ccccn2)nc1. The third-order valence-electron chi connectivity index (χ3n) is 2.32. The Labute approximate surface area is 95.6 Å². The molecule has 0 aliphatic carbocycles. The lowest BCUT2D eigenvalue weighted by Gasteiger charge is -2.04. The van der Waals surface area contributed by atoms with E-state index in [1.54, 1.807) is 0 Å². The number of aryl methyl sites for hydroxylation is 1. The van der Waals surface area contributed by atoms with Gasteiger partial charge in [0.25, 0.3) is 0 Å². The zero-order valence-electron chi connectivity index (χ0n) is 9.35. The Morgan fingerprint density at radius 1 is 1.12 bits per heavy atom. The van der Waals surface area contributed by atoms with Crippen LogP contribution in [0.15, 0.2) is 42.7 Å². The maximum atomic E-state index is 4.28. The Kier molecular flexibility index (Phi) is 3.49. The van der Waals surface area contributed by atoms with E-state index in [4.69, 9.17) is 0 Å². The minimum absolute atomic E-state index is 0.854. The molecular formula is C13H15N3. The average molecular weight is 213 g/mol. The molecule has 2 heterocycles. The molecule has 0 fully saturated rings. The normalized spacial score (nSPS) is 10.1. The number of aromatic nitrogens is 2. The van der Waals surface area contributed by atoms with E-state index < -0.39 is 0 Å². The van der Waals surface area contributed by atoms with Crippen molar-refractivity contribution in [1.82, 2.24) is 9.97 Å². The highest BCUT2D eigenvalue weighted by Crippen LogP contribution is 2.04. The molecule has 2 rings (SSSR count). The van der Waals surface area contributed by atoms with Gasteiger partial charge in [0.1, 0.15) is 5.82 Å². The Bertz CT molecular complexity index is 423. The molecule has 2 aromatic heterocycles. The lowest BCUT2D eigenvalue weighted by atomic mass is 10.2. The van der Waals surface area contributed by atoms with Crippen LogP contribution in [0.3, 0.4) is 0 Å². The molecule has 1 N–H and O–H groups in total. The summed E-state index contributed by atoms with van der Waals surface area (Å²) >= 11 is 0. The Morgan fingerprint density at radius 2 is 2.06 bits per heavy atom. The predicted molar refractivity (Wildman–Crippen MR) is 65.4 cm³/mol. The molecule has 0 amide bonds. The minimum Gasteiger partial charge on any atom is -0.370 e. The molecule has 3 heteroatoms. The molecule has 0 radical (unpaired) electrons. The lowest BCUT2D eigenvalue weighted by Crippen LogP contribution is -2.06. The summed E-state index contributed by atoms with van der Waals surface area (Å²) in [7, 11) is 0. The van der Waals surface area contributed by atoms with Crippen molar-refractivity contribution < 1.29 is 0 Å². The highest BCUT2D eigenvalue weighted by molar-refractivity contribution is 5.35. The van der Waals surface area contributed by atoms with Crippen LogP contribution in [0.5, 0.6) is 0 Å². The van der Waals surface area contributed by atoms with Gasteiger partial charge in [-0.15, -0.1) is 0 Å². The number of rotatable bonds is 4. The fraction of sp³-hybridized carbons (Fsp3) is 0.231. The summed E-state index contributed by atoms with van der Waals surface area (Å²) in [5, 5.41) is 3.27. The fourth-order valence-electron chi connectivity index (χ4n) is 1.44. The molecular weight excluding hydrogens is 198 g/mol. The highest BCUT2D eigenvalue weighted by atomic mass is 15.0. The van der Waals surface area contributed by atoms with Gasteiger partial charge in [0.15, 0.2) is 0 Å². The van der Waals surface area contributed by atoms with Crippen molar-refractivity contribution in [3.8, 4) is 0 Å². The number of nitrogens with zero attached hydrogens (tertiary/aromatic N) is 2.